The number of benzene rings is 1. The van der Waals surface area contributed by atoms with Crippen molar-refractivity contribution in [2.24, 2.45) is 5.92 Å². The Labute approximate surface area is 164 Å². The molecule has 2 heterocycles. The molecule has 0 bridgehead atoms. The summed E-state index contributed by atoms with van der Waals surface area (Å²) in [6.07, 6.45) is 5.96. The molecular formula is C20H27N3O5. The smallest absolute Gasteiger partial charge is 0.269 e. The first-order chi connectivity index (χ1) is 13.5. The molecule has 8 nitrogen and oxygen atoms in total. The molecule has 2 aliphatic heterocycles. The van der Waals surface area contributed by atoms with Gasteiger partial charge in [0.2, 0.25) is 5.91 Å². The Kier molecular flexibility index (Phi) is 6.84. The molecule has 0 saturated carbocycles. The van der Waals surface area contributed by atoms with Gasteiger partial charge in [-0.15, -0.1) is 0 Å². The zero-order valence-corrected chi connectivity index (χ0v) is 16.0. The van der Waals surface area contributed by atoms with Gasteiger partial charge in [-0.2, -0.15) is 0 Å². The van der Waals surface area contributed by atoms with Crippen LogP contribution in [0.1, 0.15) is 38.5 Å². The van der Waals surface area contributed by atoms with Gasteiger partial charge in [0.1, 0.15) is 5.75 Å². The molecule has 1 aromatic rings. The first-order valence-corrected chi connectivity index (χ1v) is 9.98. The second kappa shape index (κ2) is 9.52. The van der Waals surface area contributed by atoms with E-state index in [0.29, 0.717) is 31.7 Å². The number of hydrogen-bond donors (Lipinski definition) is 0. The number of piperidine rings is 1. The van der Waals surface area contributed by atoms with Crippen LogP contribution in [0.2, 0.25) is 0 Å². The average Bonchev–Trinajstić information content (AvgIpc) is 3.01. The lowest BCUT2D eigenvalue weighted by Crippen LogP contribution is -2.45. The lowest BCUT2D eigenvalue weighted by Gasteiger charge is -2.34. The van der Waals surface area contributed by atoms with E-state index < -0.39 is 4.92 Å². The van der Waals surface area contributed by atoms with Crippen LogP contribution in [-0.2, 0) is 9.59 Å². The highest BCUT2D eigenvalue weighted by Crippen LogP contribution is 2.22. The largest absolute Gasteiger partial charge is 0.484 e. The average molecular weight is 389 g/mol. The minimum Gasteiger partial charge on any atom is -0.484 e. The third-order valence-electron chi connectivity index (χ3n) is 5.52. The van der Waals surface area contributed by atoms with Gasteiger partial charge in [-0.05, 0) is 37.8 Å². The second-order valence-corrected chi connectivity index (χ2v) is 7.43. The SMILES string of the molecule is O=C(COc1ccc([N+](=O)[O-])cc1)N1CCC(C(=O)N2CCCCCC2)CC1. The van der Waals surface area contributed by atoms with E-state index in [0.717, 1.165) is 25.9 Å². The quantitative estimate of drug-likeness (QED) is 0.570. The number of carbonyl (C=O) groups excluding carboxylic acids is 2. The fourth-order valence-corrected chi connectivity index (χ4v) is 3.83. The van der Waals surface area contributed by atoms with Crippen molar-refractivity contribution >= 4 is 17.5 Å². The number of nitrogens with zero attached hydrogens (tertiary/aromatic N) is 3. The van der Waals surface area contributed by atoms with Crippen molar-refractivity contribution in [3.8, 4) is 5.75 Å². The third kappa shape index (κ3) is 5.21. The highest BCUT2D eigenvalue weighted by molar-refractivity contribution is 5.80. The molecule has 0 aliphatic carbocycles. The summed E-state index contributed by atoms with van der Waals surface area (Å²) in [6.45, 7) is 2.74. The van der Waals surface area contributed by atoms with Gasteiger partial charge in [-0.1, -0.05) is 12.8 Å². The van der Waals surface area contributed by atoms with E-state index in [1.807, 2.05) is 4.90 Å². The van der Waals surface area contributed by atoms with Crippen LogP contribution in [-0.4, -0.2) is 59.3 Å². The number of non-ortho nitro benzene ring substituents is 1. The topological polar surface area (TPSA) is 93.0 Å². The summed E-state index contributed by atoms with van der Waals surface area (Å²) < 4.78 is 5.45. The fourth-order valence-electron chi connectivity index (χ4n) is 3.83. The van der Waals surface area contributed by atoms with Gasteiger partial charge < -0.3 is 14.5 Å². The van der Waals surface area contributed by atoms with Crippen molar-refractivity contribution < 1.29 is 19.2 Å². The van der Waals surface area contributed by atoms with Crippen LogP contribution in [0, 0.1) is 16.0 Å². The first-order valence-electron chi connectivity index (χ1n) is 9.98. The molecule has 3 rings (SSSR count). The van der Waals surface area contributed by atoms with Crippen molar-refractivity contribution in [2.75, 3.05) is 32.8 Å². The van der Waals surface area contributed by atoms with Gasteiger partial charge >= 0.3 is 0 Å². The highest BCUT2D eigenvalue weighted by Gasteiger charge is 2.30. The number of nitro groups is 1. The maximum Gasteiger partial charge on any atom is 0.269 e. The maximum absolute atomic E-state index is 12.7. The lowest BCUT2D eigenvalue weighted by molar-refractivity contribution is -0.384. The predicted molar refractivity (Wildman–Crippen MR) is 103 cm³/mol. The summed E-state index contributed by atoms with van der Waals surface area (Å²) in [5, 5.41) is 10.7. The summed E-state index contributed by atoms with van der Waals surface area (Å²) in [7, 11) is 0. The Morgan fingerprint density at radius 2 is 1.57 bits per heavy atom. The molecule has 152 valence electrons. The number of likely N-dealkylation sites (tertiary alicyclic amines) is 2. The molecule has 0 spiro atoms. The maximum atomic E-state index is 12.7. The molecule has 2 fully saturated rings. The summed E-state index contributed by atoms with van der Waals surface area (Å²) in [5.74, 6) is 0.554. The summed E-state index contributed by atoms with van der Waals surface area (Å²) in [6, 6.07) is 5.66. The number of amides is 2. The number of ether oxygens (including phenoxy) is 1. The molecular weight excluding hydrogens is 362 g/mol. The van der Waals surface area contributed by atoms with E-state index >= 15 is 0 Å². The Bertz CT molecular complexity index is 690. The molecule has 8 heteroatoms. The van der Waals surface area contributed by atoms with Crippen LogP contribution in [0.25, 0.3) is 0 Å². The zero-order chi connectivity index (χ0) is 19.9. The molecule has 0 unspecified atom stereocenters. The standard InChI is InChI=1S/C20H27N3O5/c24-19(15-28-18-7-5-17(6-8-18)23(26)27)21-13-9-16(10-14-21)20(25)22-11-3-1-2-4-12-22/h5-8,16H,1-4,9-15H2. The van der Waals surface area contributed by atoms with Crippen LogP contribution < -0.4 is 4.74 Å². The molecule has 28 heavy (non-hydrogen) atoms. The van der Waals surface area contributed by atoms with E-state index in [-0.39, 0.29) is 30.0 Å². The fraction of sp³-hybridized carbons (Fsp3) is 0.600. The van der Waals surface area contributed by atoms with Crippen LogP contribution in [0.4, 0.5) is 5.69 Å². The minimum atomic E-state index is -0.480. The minimum absolute atomic E-state index is 0.0118. The number of nitro benzene ring substituents is 1. The van der Waals surface area contributed by atoms with E-state index in [4.69, 9.17) is 4.74 Å². The predicted octanol–water partition coefficient (Wildman–Crippen LogP) is 2.61. The van der Waals surface area contributed by atoms with Crippen LogP contribution >= 0.6 is 0 Å². The molecule has 1 aromatic carbocycles. The van der Waals surface area contributed by atoms with Crippen molar-refractivity contribution in [2.45, 2.75) is 38.5 Å². The van der Waals surface area contributed by atoms with Crippen molar-refractivity contribution in [3.63, 3.8) is 0 Å². The molecule has 2 saturated heterocycles. The van der Waals surface area contributed by atoms with Crippen LogP contribution in [0.15, 0.2) is 24.3 Å². The van der Waals surface area contributed by atoms with Crippen LogP contribution in [0.3, 0.4) is 0 Å². The Balaban J connectivity index is 1.43. The van der Waals surface area contributed by atoms with E-state index in [1.54, 1.807) is 4.90 Å². The lowest BCUT2D eigenvalue weighted by atomic mass is 9.95. The molecule has 2 amide bonds. The van der Waals surface area contributed by atoms with Gasteiger partial charge in [0.25, 0.3) is 11.6 Å². The normalized spacial score (nSPS) is 18.4. The Morgan fingerprint density at radius 1 is 0.964 bits per heavy atom. The number of hydrogen-bond acceptors (Lipinski definition) is 5. The van der Waals surface area contributed by atoms with Gasteiger partial charge in [-0.3, -0.25) is 19.7 Å². The number of carbonyl (C=O) groups is 2. The van der Waals surface area contributed by atoms with Crippen molar-refractivity contribution in [1.82, 2.24) is 9.80 Å². The Hall–Kier alpha value is -2.64. The summed E-state index contributed by atoms with van der Waals surface area (Å²) >= 11 is 0. The monoisotopic (exact) mass is 389 g/mol. The van der Waals surface area contributed by atoms with Gasteiger partial charge in [-0.25, -0.2) is 0 Å². The molecule has 0 radical (unpaired) electrons. The van der Waals surface area contributed by atoms with Gasteiger partial charge in [0.15, 0.2) is 6.61 Å². The molecule has 2 aliphatic rings. The second-order valence-electron chi connectivity index (χ2n) is 7.43. The van der Waals surface area contributed by atoms with Crippen molar-refractivity contribution in [3.05, 3.63) is 34.4 Å². The molecule has 0 atom stereocenters. The van der Waals surface area contributed by atoms with Crippen molar-refractivity contribution in [1.29, 1.82) is 0 Å². The zero-order valence-electron chi connectivity index (χ0n) is 16.0. The highest BCUT2D eigenvalue weighted by atomic mass is 16.6. The van der Waals surface area contributed by atoms with Gasteiger partial charge in [0.05, 0.1) is 4.92 Å². The Morgan fingerprint density at radius 3 is 2.14 bits per heavy atom. The van der Waals surface area contributed by atoms with Crippen LogP contribution in [0.5, 0.6) is 5.75 Å². The molecule has 0 N–H and O–H groups in total. The van der Waals surface area contributed by atoms with E-state index in [2.05, 4.69) is 0 Å². The van der Waals surface area contributed by atoms with E-state index in [1.165, 1.54) is 37.1 Å². The first kappa shape index (κ1) is 20.1. The van der Waals surface area contributed by atoms with E-state index in [9.17, 15) is 19.7 Å². The number of rotatable bonds is 5. The third-order valence-corrected chi connectivity index (χ3v) is 5.52. The molecule has 0 aromatic heterocycles. The summed E-state index contributed by atoms with van der Waals surface area (Å²) in [5.41, 5.74) is -0.0187. The summed E-state index contributed by atoms with van der Waals surface area (Å²) in [4.78, 5) is 39.0. The van der Waals surface area contributed by atoms with Gasteiger partial charge in [0, 0.05) is 44.2 Å².